The van der Waals surface area contributed by atoms with E-state index < -0.39 is 4.92 Å². The number of nitrogens with zero attached hydrogens (tertiary/aromatic N) is 5. The van der Waals surface area contributed by atoms with Crippen LogP contribution in [-0.2, 0) is 0 Å². The van der Waals surface area contributed by atoms with Crippen LogP contribution >= 0.6 is 0 Å². The van der Waals surface area contributed by atoms with Gasteiger partial charge in [-0.3, -0.25) is 10.1 Å². The Balaban J connectivity index is 1.54. The summed E-state index contributed by atoms with van der Waals surface area (Å²) in [6, 6.07) is 13.4. The van der Waals surface area contributed by atoms with Crippen molar-refractivity contribution in [3.63, 3.8) is 0 Å². The second-order valence-corrected chi connectivity index (χ2v) is 7.63. The number of piperazine rings is 1. The molecule has 2 heterocycles. The molecular weight excluding hydrogens is 410 g/mol. The van der Waals surface area contributed by atoms with Crippen molar-refractivity contribution >= 4 is 17.2 Å². The largest absolute Gasteiger partial charge is 0.497 e. The molecule has 4 rings (SSSR count). The highest BCUT2D eigenvalue weighted by atomic mass is 16.6. The number of methoxy groups -OCH3 is 1. The summed E-state index contributed by atoms with van der Waals surface area (Å²) in [7, 11) is 1.64. The van der Waals surface area contributed by atoms with E-state index in [1.165, 1.54) is 6.33 Å². The third-order valence-electron chi connectivity index (χ3n) is 5.66. The molecule has 3 aromatic rings. The number of ether oxygens (including phenoxy) is 2. The maximum absolute atomic E-state index is 11.9. The highest BCUT2D eigenvalue weighted by molar-refractivity contribution is 5.64. The molecule has 1 aromatic heterocycles. The van der Waals surface area contributed by atoms with Crippen LogP contribution in [0.5, 0.6) is 17.4 Å². The average Bonchev–Trinajstić information content (AvgIpc) is 2.81. The maximum atomic E-state index is 11.9. The minimum atomic E-state index is -0.471. The standard InChI is InChI=1S/C23H25N5O4/c1-16-4-7-20(14-17(16)2)32-23-21(28(29)30)22(24-15-25-23)27-12-10-26(11-13-27)18-5-8-19(31-3)9-6-18/h4-9,14-15H,10-13H2,1-3H3. The van der Waals surface area contributed by atoms with Gasteiger partial charge in [0.15, 0.2) is 0 Å². The van der Waals surface area contributed by atoms with Crippen LogP contribution < -0.4 is 19.3 Å². The molecule has 0 unspecified atom stereocenters. The second kappa shape index (κ2) is 9.09. The fourth-order valence-electron chi connectivity index (χ4n) is 3.68. The molecule has 0 saturated carbocycles. The van der Waals surface area contributed by atoms with Gasteiger partial charge in [0, 0.05) is 31.9 Å². The first-order valence-corrected chi connectivity index (χ1v) is 10.3. The third-order valence-corrected chi connectivity index (χ3v) is 5.66. The van der Waals surface area contributed by atoms with Crippen LogP contribution in [0.25, 0.3) is 0 Å². The number of aryl methyl sites for hydroxylation is 2. The number of hydrogen-bond donors (Lipinski definition) is 0. The zero-order valence-corrected chi connectivity index (χ0v) is 18.3. The SMILES string of the molecule is COc1ccc(N2CCN(c3ncnc(Oc4ccc(C)c(C)c4)c3[N+](=O)[O-])CC2)cc1. The van der Waals surface area contributed by atoms with E-state index in [0.717, 1.165) is 22.6 Å². The van der Waals surface area contributed by atoms with Gasteiger partial charge in [-0.05, 0) is 61.4 Å². The van der Waals surface area contributed by atoms with Crippen LogP contribution in [0.3, 0.4) is 0 Å². The third kappa shape index (κ3) is 4.41. The second-order valence-electron chi connectivity index (χ2n) is 7.63. The number of anilines is 2. The van der Waals surface area contributed by atoms with E-state index in [1.807, 2.05) is 55.1 Å². The lowest BCUT2D eigenvalue weighted by Gasteiger charge is -2.36. The highest BCUT2D eigenvalue weighted by Gasteiger charge is 2.30. The molecule has 1 aliphatic rings. The molecule has 1 fully saturated rings. The molecule has 0 radical (unpaired) electrons. The van der Waals surface area contributed by atoms with Gasteiger partial charge in [0.25, 0.3) is 0 Å². The molecule has 166 valence electrons. The molecule has 32 heavy (non-hydrogen) atoms. The Kier molecular flexibility index (Phi) is 6.07. The van der Waals surface area contributed by atoms with Gasteiger partial charge in [0.2, 0.25) is 5.82 Å². The van der Waals surface area contributed by atoms with E-state index in [-0.39, 0.29) is 17.4 Å². The van der Waals surface area contributed by atoms with E-state index in [4.69, 9.17) is 9.47 Å². The predicted molar refractivity (Wildman–Crippen MR) is 122 cm³/mol. The summed E-state index contributed by atoms with van der Waals surface area (Å²) in [5, 5.41) is 11.9. The van der Waals surface area contributed by atoms with Crippen molar-refractivity contribution in [2.75, 3.05) is 43.1 Å². The lowest BCUT2D eigenvalue weighted by molar-refractivity contribution is -0.385. The molecule has 0 amide bonds. The summed E-state index contributed by atoms with van der Waals surface area (Å²) in [6.07, 6.45) is 1.31. The topological polar surface area (TPSA) is 93.9 Å². The lowest BCUT2D eigenvalue weighted by Crippen LogP contribution is -2.47. The van der Waals surface area contributed by atoms with Crippen molar-refractivity contribution in [3.05, 3.63) is 70.0 Å². The minimum Gasteiger partial charge on any atom is -0.497 e. The van der Waals surface area contributed by atoms with Gasteiger partial charge < -0.3 is 19.3 Å². The van der Waals surface area contributed by atoms with Crippen LogP contribution in [0.4, 0.5) is 17.2 Å². The Labute approximate surface area is 186 Å². The van der Waals surface area contributed by atoms with Crippen molar-refractivity contribution in [1.82, 2.24) is 9.97 Å². The molecule has 1 saturated heterocycles. The molecule has 0 N–H and O–H groups in total. The normalized spacial score (nSPS) is 13.7. The first-order chi connectivity index (χ1) is 15.5. The minimum absolute atomic E-state index is 0.0548. The van der Waals surface area contributed by atoms with Crippen molar-refractivity contribution in [2.45, 2.75) is 13.8 Å². The summed E-state index contributed by atoms with van der Waals surface area (Å²) in [5.41, 5.74) is 3.02. The zero-order chi connectivity index (χ0) is 22.7. The van der Waals surface area contributed by atoms with Gasteiger partial charge >= 0.3 is 11.6 Å². The maximum Gasteiger partial charge on any atom is 0.373 e. The summed E-state index contributed by atoms with van der Waals surface area (Å²) in [4.78, 5) is 23.9. The first-order valence-electron chi connectivity index (χ1n) is 10.3. The highest BCUT2D eigenvalue weighted by Crippen LogP contribution is 2.37. The monoisotopic (exact) mass is 435 g/mol. The average molecular weight is 435 g/mol. The zero-order valence-electron chi connectivity index (χ0n) is 18.3. The Hall–Kier alpha value is -3.88. The van der Waals surface area contributed by atoms with Crippen molar-refractivity contribution in [3.8, 4) is 17.4 Å². The van der Waals surface area contributed by atoms with Gasteiger partial charge in [0.05, 0.1) is 12.0 Å². The number of nitro groups is 1. The van der Waals surface area contributed by atoms with E-state index in [9.17, 15) is 10.1 Å². The van der Waals surface area contributed by atoms with E-state index in [2.05, 4.69) is 14.9 Å². The first kappa shape index (κ1) is 21.4. The van der Waals surface area contributed by atoms with Crippen molar-refractivity contribution in [1.29, 1.82) is 0 Å². The Morgan fingerprint density at radius 3 is 2.19 bits per heavy atom. The molecular formula is C23H25N5O4. The lowest BCUT2D eigenvalue weighted by atomic mass is 10.1. The van der Waals surface area contributed by atoms with Gasteiger partial charge in [-0.2, -0.15) is 4.98 Å². The summed E-state index contributed by atoms with van der Waals surface area (Å²) >= 11 is 0. The van der Waals surface area contributed by atoms with Crippen LogP contribution in [0.1, 0.15) is 11.1 Å². The molecule has 0 spiro atoms. The number of benzene rings is 2. The number of rotatable bonds is 6. The smallest absolute Gasteiger partial charge is 0.373 e. The quantitative estimate of drug-likeness (QED) is 0.421. The van der Waals surface area contributed by atoms with Crippen LogP contribution in [0.15, 0.2) is 48.8 Å². The Bertz CT molecular complexity index is 1110. The van der Waals surface area contributed by atoms with Crippen molar-refractivity contribution in [2.24, 2.45) is 0 Å². The van der Waals surface area contributed by atoms with Gasteiger partial charge in [-0.1, -0.05) is 6.07 Å². The Morgan fingerprint density at radius 2 is 1.56 bits per heavy atom. The van der Waals surface area contributed by atoms with Crippen molar-refractivity contribution < 1.29 is 14.4 Å². The van der Waals surface area contributed by atoms with Crippen LogP contribution in [0.2, 0.25) is 0 Å². The van der Waals surface area contributed by atoms with Crippen LogP contribution in [-0.4, -0.2) is 48.2 Å². The molecule has 2 aromatic carbocycles. The van der Waals surface area contributed by atoms with Gasteiger partial charge in [-0.15, -0.1) is 0 Å². The van der Waals surface area contributed by atoms with E-state index in [1.54, 1.807) is 13.2 Å². The number of aromatic nitrogens is 2. The molecule has 0 aliphatic carbocycles. The van der Waals surface area contributed by atoms with Crippen LogP contribution in [0, 0.1) is 24.0 Å². The molecule has 9 nitrogen and oxygen atoms in total. The van der Waals surface area contributed by atoms with E-state index >= 15 is 0 Å². The predicted octanol–water partition coefficient (Wildman–Crippen LogP) is 4.13. The fourth-order valence-corrected chi connectivity index (χ4v) is 3.68. The summed E-state index contributed by atoms with van der Waals surface area (Å²) in [5.74, 6) is 1.53. The molecule has 0 bridgehead atoms. The van der Waals surface area contributed by atoms with Gasteiger partial charge in [-0.25, -0.2) is 4.98 Å². The summed E-state index contributed by atoms with van der Waals surface area (Å²) in [6.45, 7) is 6.56. The molecule has 1 aliphatic heterocycles. The van der Waals surface area contributed by atoms with E-state index in [0.29, 0.717) is 31.9 Å². The molecule has 0 atom stereocenters. The molecule has 9 heteroatoms. The van der Waals surface area contributed by atoms with Gasteiger partial charge in [0.1, 0.15) is 17.8 Å². The number of hydrogen-bond acceptors (Lipinski definition) is 8. The fraction of sp³-hybridized carbons (Fsp3) is 0.304. The summed E-state index contributed by atoms with van der Waals surface area (Å²) < 4.78 is 11.0. The Morgan fingerprint density at radius 1 is 0.906 bits per heavy atom.